The minimum Gasteiger partial charge on any atom is -0.480 e. The zero-order chi connectivity index (χ0) is 41.2. The van der Waals surface area contributed by atoms with E-state index in [1.165, 1.54) is 161 Å². The van der Waals surface area contributed by atoms with E-state index in [9.17, 15) is 19.2 Å². The number of carboxylic acids is 1. The predicted octanol–water partition coefficient (Wildman–Crippen LogP) is 12.0. The minimum absolute atomic E-state index is 0.00410. The highest BCUT2D eigenvalue weighted by Crippen LogP contribution is 2.19. The van der Waals surface area contributed by atoms with Crippen molar-refractivity contribution in [1.82, 2.24) is 10.6 Å². The molecule has 0 saturated heterocycles. The summed E-state index contributed by atoms with van der Waals surface area (Å²) in [4.78, 5) is 47.6. The van der Waals surface area contributed by atoms with Crippen molar-refractivity contribution in [3.8, 4) is 0 Å². The molecule has 0 aromatic rings. The molecule has 330 valence electrons. The van der Waals surface area contributed by atoms with Crippen LogP contribution in [-0.2, 0) is 23.9 Å². The molecule has 0 fully saturated rings. The highest BCUT2D eigenvalue weighted by atomic mass is 16.5. The monoisotopic (exact) mass is 795 g/mol. The Morgan fingerprint density at radius 3 is 1.16 bits per heavy atom. The van der Waals surface area contributed by atoms with Crippen LogP contribution < -0.4 is 10.6 Å². The van der Waals surface area contributed by atoms with Gasteiger partial charge in [-0.2, -0.15) is 0 Å². The van der Waals surface area contributed by atoms with Crippen LogP contribution in [0.25, 0.3) is 0 Å². The number of aliphatic hydroxyl groups is 1. The van der Waals surface area contributed by atoms with Crippen molar-refractivity contribution in [2.24, 2.45) is 0 Å². The fourth-order valence-electron chi connectivity index (χ4n) is 7.42. The van der Waals surface area contributed by atoms with Crippen LogP contribution in [-0.4, -0.2) is 59.3 Å². The Balaban J connectivity index is 4.17. The van der Waals surface area contributed by atoms with Gasteiger partial charge in [-0.15, -0.1) is 0 Å². The van der Waals surface area contributed by atoms with Crippen LogP contribution >= 0.6 is 0 Å². The number of ether oxygens (including phenoxy) is 1. The van der Waals surface area contributed by atoms with Gasteiger partial charge in [-0.1, -0.05) is 200 Å². The molecule has 4 N–H and O–H groups in total. The third-order valence-corrected chi connectivity index (χ3v) is 11.1. The third kappa shape index (κ3) is 38.7. The summed E-state index contributed by atoms with van der Waals surface area (Å²) in [5.74, 6) is -2.27. The number of hydrogen-bond donors (Lipinski definition) is 4. The summed E-state index contributed by atoms with van der Waals surface area (Å²) in [6, 6.07) is -1.38. The van der Waals surface area contributed by atoms with E-state index in [0.29, 0.717) is 19.3 Å². The largest absolute Gasteiger partial charge is 0.480 e. The fourth-order valence-corrected chi connectivity index (χ4v) is 7.42. The van der Waals surface area contributed by atoms with Gasteiger partial charge in [0, 0.05) is 12.8 Å². The molecule has 0 radical (unpaired) electrons. The molecule has 0 bridgehead atoms. The SMILES string of the molecule is CCCCCCCCCCCCCCCCCCCCC(=O)OC(CCCCCCCCCCCC)CCCCCCCC(=O)NCC(=O)NC(CO)C(=O)O. The van der Waals surface area contributed by atoms with E-state index in [0.717, 1.165) is 57.8 Å². The smallest absolute Gasteiger partial charge is 0.328 e. The Morgan fingerprint density at radius 2 is 0.804 bits per heavy atom. The van der Waals surface area contributed by atoms with Crippen LogP contribution in [0.3, 0.4) is 0 Å². The van der Waals surface area contributed by atoms with Crippen molar-refractivity contribution >= 4 is 23.8 Å². The van der Waals surface area contributed by atoms with E-state index < -0.39 is 24.5 Å². The molecule has 9 nitrogen and oxygen atoms in total. The van der Waals surface area contributed by atoms with E-state index in [2.05, 4.69) is 24.5 Å². The number of amides is 2. The molecule has 0 aliphatic carbocycles. The summed E-state index contributed by atoms with van der Waals surface area (Å²) in [5, 5.41) is 22.6. The topological polar surface area (TPSA) is 142 Å². The van der Waals surface area contributed by atoms with Gasteiger partial charge in [-0.05, 0) is 38.5 Å². The third-order valence-electron chi connectivity index (χ3n) is 11.1. The van der Waals surface area contributed by atoms with Crippen LogP contribution in [0.5, 0.6) is 0 Å². The Hall–Kier alpha value is -2.16. The van der Waals surface area contributed by atoms with E-state index in [1.54, 1.807) is 0 Å². The van der Waals surface area contributed by atoms with Crippen LogP contribution in [0.2, 0.25) is 0 Å². The van der Waals surface area contributed by atoms with E-state index in [4.69, 9.17) is 14.9 Å². The van der Waals surface area contributed by atoms with Crippen LogP contribution in [0.4, 0.5) is 0 Å². The summed E-state index contributed by atoms with van der Waals surface area (Å²) in [5.41, 5.74) is 0. The van der Waals surface area contributed by atoms with E-state index in [1.807, 2.05) is 0 Å². The normalized spacial score (nSPS) is 12.3. The molecule has 0 aliphatic rings. The fraction of sp³-hybridized carbons (Fsp3) is 0.915. The lowest BCUT2D eigenvalue weighted by Gasteiger charge is -2.18. The molecule has 2 atom stereocenters. The van der Waals surface area contributed by atoms with E-state index >= 15 is 0 Å². The van der Waals surface area contributed by atoms with Crippen LogP contribution in [0, 0.1) is 0 Å². The number of hydrogen-bond acceptors (Lipinski definition) is 6. The van der Waals surface area contributed by atoms with Gasteiger partial charge in [0.2, 0.25) is 11.8 Å². The molecule has 0 heterocycles. The molecule has 9 heteroatoms. The number of aliphatic carboxylic acids is 1. The van der Waals surface area contributed by atoms with Crippen LogP contribution in [0.1, 0.15) is 251 Å². The highest BCUT2D eigenvalue weighted by Gasteiger charge is 2.19. The molecule has 2 unspecified atom stereocenters. The number of rotatable bonds is 44. The molecule has 0 aromatic heterocycles. The number of aliphatic hydroxyl groups excluding tert-OH is 1. The Bertz CT molecular complexity index is 915. The lowest BCUT2D eigenvalue weighted by molar-refractivity contribution is -0.150. The molecular weight excluding hydrogens is 705 g/mol. The second-order valence-electron chi connectivity index (χ2n) is 16.6. The first kappa shape index (κ1) is 53.8. The van der Waals surface area contributed by atoms with Crippen molar-refractivity contribution in [2.45, 2.75) is 264 Å². The number of carboxylic acid groups (broad SMARTS) is 1. The van der Waals surface area contributed by atoms with Crippen molar-refractivity contribution in [1.29, 1.82) is 0 Å². The lowest BCUT2D eigenvalue weighted by atomic mass is 10.0. The number of nitrogens with one attached hydrogen (secondary N) is 2. The Kier molecular flexibility index (Phi) is 40.8. The van der Waals surface area contributed by atoms with Gasteiger partial charge in [-0.25, -0.2) is 4.79 Å². The molecule has 0 spiro atoms. The summed E-state index contributed by atoms with van der Waals surface area (Å²) in [7, 11) is 0. The first-order valence-electron chi connectivity index (χ1n) is 23.9. The minimum atomic E-state index is -1.38. The summed E-state index contributed by atoms with van der Waals surface area (Å²) in [6.07, 6.45) is 44.2. The van der Waals surface area contributed by atoms with Crippen molar-refractivity contribution < 1.29 is 34.1 Å². The number of carbonyl (C=O) groups excluding carboxylic acids is 3. The maximum Gasteiger partial charge on any atom is 0.328 e. The molecular formula is C47H90N2O7. The van der Waals surface area contributed by atoms with Crippen LogP contribution in [0.15, 0.2) is 0 Å². The van der Waals surface area contributed by atoms with Crippen molar-refractivity contribution in [3.63, 3.8) is 0 Å². The second kappa shape index (κ2) is 42.4. The van der Waals surface area contributed by atoms with Gasteiger partial charge >= 0.3 is 11.9 Å². The number of esters is 1. The predicted molar refractivity (Wildman–Crippen MR) is 232 cm³/mol. The molecule has 0 aromatic carbocycles. The maximum absolute atomic E-state index is 12.8. The number of unbranched alkanes of at least 4 members (excludes halogenated alkanes) is 30. The average molecular weight is 795 g/mol. The zero-order valence-corrected chi connectivity index (χ0v) is 36.7. The molecule has 0 rings (SSSR count). The Labute approximate surface area is 344 Å². The van der Waals surface area contributed by atoms with Crippen molar-refractivity contribution in [2.75, 3.05) is 13.2 Å². The average Bonchev–Trinajstić information content (AvgIpc) is 3.18. The van der Waals surface area contributed by atoms with E-state index in [-0.39, 0.29) is 24.5 Å². The first-order valence-corrected chi connectivity index (χ1v) is 23.9. The number of carbonyl (C=O) groups is 4. The first-order chi connectivity index (χ1) is 27.3. The summed E-state index contributed by atoms with van der Waals surface area (Å²) in [6.45, 7) is 3.51. The second-order valence-corrected chi connectivity index (χ2v) is 16.6. The van der Waals surface area contributed by atoms with Gasteiger partial charge in [-0.3, -0.25) is 14.4 Å². The van der Waals surface area contributed by atoms with Gasteiger partial charge < -0.3 is 25.6 Å². The van der Waals surface area contributed by atoms with Gasteiger partial charge in [0.25, 0.3) is 0 Å². The summed E-state index contributed by atoms with van der Waals surface area (Å²) < 4.78 is 6.04. The van der Waals surface area contributed by atoms with Gasteiger partial charge in [0.1, 0.15) is 12.1 Å². The molecule has 0 saturated carbocycles. The molecule has 56 heavy (non-hydrogen) atoms. The highest BCUT2D eigenvalue weighted by molar-refractivity contribution is 5.87. The lowest BCUT2D eigenvalue weighted by Crippen LogP contribution is -2.47. The Morgan fingerprint density at radius 1 is 0.464 bits per heavy atom. The van der Waals surface area contributed by atoms with Gasteiger partial charge in [0.05, 0.1) is 13.2 Å². The van der Waals surface area contributed by atoms with Crippen molar-refractivity contribution in [3.05, 3.63) is 0 Å². The molecule has 2 amide bonds. The van der Waals surface area contributed by atoms with Gasteiger partial charge in [0.15, 0.2) is 0 Å². The quantitative estimate of drug-likeness (QED) is 0.0355. The molecule has 0 aliphatic heterocycles. The maximum atomic E-state index is 12.8. The zero-order valence-electron chi connectivity index (χ0n) is 36.7. The summed E-state index contributed by atoms with van der Waals surface area (Å²) >= 11 is 0. The standard InChI is InChI=1S/C47H90N2O7/c1-3-5-7-9-11-13-15-16-17-18-19-20-21-22-24-26-31-35-39-46(53)56-42(36-32-28-25-23-14-12-10-8-6-4-2)37-33-29-27-30-34-38-44(51)48-40-45(52)49-43(41-50)47(54)55/h42-43,50H,3-41H2,1-2H3,(H,48,51)(H,49,52)(H,54,55).